The molecule has 0 spiro atoms. The van der Waals surface area contributed by atoms with Crippen molar-refractivity contribution in [3.8, 4) is 10.6 Å². The summed E-state index contributed by atoms with van der Waals surface area (Å²) in [6.07, 6.45) is 6.95. The van der Waals surface area contributed by atoms with Crippen LogP contribution in [0.25, 0.3) is 10.6 Å². The SMILES string of the molecule is O=C(C1Cc2nc(-c3ccccc3)sc2N1CC1CC1)N1CCCCC1. The van der Waals surface area contributed by atoms with Gasteiger partial charge >= 0.3 is 0 Å². The average molecular weight is 368 g/mol. The topological polar surface area (TPSA) is 36.4 Å². The number of amides is 1. The van der Waals surface area contributed by atoms with Crippen molar-refractivity contribution in [3.63, 3.8) is 0 Å². The van der Waals surface area contributed by atoms with Crippen molar-refractivity contribution >= 4 is 22.2 Å². The molecule has 0 bridgehead atoms. The zero-order chi connectivity index (χ0) is 17.5. The molecule has 0 radical (unpaired) electrons. The lowest BCUT2D eigenvalue weighted by atomic mass is 10.1. The highest BCUT2D eigenvalue weighted by atomic mass is 32.1. The Balaban J connectivity index is 1.42. The highest BCUT2D eigenvalue weighted by Gasteiger charge is 2.41. The van der Waals surface area contributed by atoms with Crippen LogP contribution in [0.15, 0.2) is 30.3 Å². The molecular formula is C21H25N3OS. The van der Waals surface area contributed by atoms with E-state index in [1.807, 2.05) is 6.07 Å². The van der Waals surface area contributed by atoms with Crippen LogP contribution >= 0.6 is 11.3 Å². The quantitative estimate of drug-likeness (QED) is 0.821. The van der Waals surface area contributed by atoms with Crippen LogP contribution in [0.5, 0.6) is 0 Å². The molecule has 1 atom stereocenters. The molecule has 1 unspecified atom stereocenters. The van der Waals surface area contributed by atoms with E-state index >= 15 is 0 Å². The number of hydrogen-bond acceptors (Lipinski definition) is 4. The van der Waals surface area contributed by atoms with Gasteiger partial charge < -0.3 is 9.80 Å². The first kappa shape index (κ1) is 16.3. The number of aromatic nitrogens is 1. The van der Waals surface area contributed by atoms with E-state index in [4.69, 9.17) is 4.98 Å². The van der Waals surface area contributed by atoms with E-state index in [9.17, 15) is 4.79 Å². The van der Waals surface area contributed by atoms with Crippen LogP contribution in [-0.2, 0) is 11.2 Å². The molecule has 1 aliphatic carbocycles. The minimum Gasteiger partial charge on any atom is -0.349 e. The van der Waals surface area contributed by atoms with Crippen molar-refractivity contribution in [2.24, 2.45) is 5.92 Å². The number of carbonyl (C=O) groups is 1. The minimum absolute atomic E-state index is 0.0210. The van der Waals surface area contributed by atoms with Crippen LogP contribution < -0.4 is 4.90 Å². The molecule has 1 amide bonds. The van der Waals surface area contributed by atoms with Crippen molar-refractivity contribution in [2.45, 2.75) is 44.6 Å². The lowest BCUT2D eigenvalue weighted by molar-refractivity contribution is -0.133. The summed E-state index contributed by atoms with van der Waals surface area (Å²) in [5.41, 5.74) is 2.31. The van der Waals surface area contributed by atoms with Crippen molar-refractivity contribution in [1.29, 1.82) is 0 Å². The van der Waals surface area contributed by atoms with Crippen LogP contribution in [0.3, 0.4) is 0 Å². The Kier molecular flexibility index (Phi) is 4.20. The predicted molar refractivity (Wildman–Crippen MR) is 106 cm³/mol. The Morgan fingerprint density at radius 1 is 1.12 bits per heavy atom. The van der Waals surface area contributed by atoms with Crippen molar-refractivity contribution in [2.75, 3.05) is 24.5 Å². The van der Waals surface area contributed by atoms with Gasteiger partial charge in [0.1, 0.15) is 16.1 Å². The molecule has 1 aromatic heterocycles. The fourth-order valence-corrected chi connectivity index (χ4v) is 5.33. The lowest BCUT2D eigenvalue weighted by Crippen LogP contribution is -2.49. The third-order valence-electron chi connectivity index (χ3n) is 5.83. The largest absolute Gasteiger partial charge is 0.349 e. The number of hydrogen-bond donors (Lipinski definition) is 0. The summed E-state index contributed by atoms with van der Waals surface area (Å²) in [6, 6.07) is 10.4. The number of likely N-dealkylation sites (tertiary alicyclic amines) is 1. The molecule has 1 saturated carbocycles. The number of nitrogens with zero attached hydrogens (tertiary/aromatic N) is 3. The van der Waals surface area contributed by atoms with E-state index in [1.165, 1.54) is 29.8 Å². The number of carbonyl (C=O) groups excluding carboxylic acids is 1. The summed E-state index contributed by atoms with van der Waals surface area (Å²) < 4.78 is 0. The first-order chi connectivity index (χ1) is 12.8. The third kappa shape index (κ3) is 3.02. The fourth-order valence-electron chi connectivity index (χ4n) is 4.17. The lowest BCUT2D eigenvalue weighted by Gasteiger charge is -2.33. The smallest absolute Gasteiger partial charge is 0.245 e. The number of piperidine rings is 1. The normalized spacial score (nSPS) is 22.5. The Bertz CT molecular complexity index is 793. The molecule has 2 fully saturated rings. The second kappa shape index (κ2) is 6.69. The van der Waals surface area contributed by atoms with E-state index in [0.29, 0.717) is 5.91 Å². The Morgan fingerprint density at radius 3 is 2.62 bits per heavy atom. The molecule has 136 valence electrons. The second-order valence-corrected chi connectivity index (χ2v) is 8.82. The van der Waals surface area contributed by atoms with Gasteiger partial charge in [0.05, 0.1) is 5.69 Å². The van der Waals surface area contributed by atoms with E-state index in [0.717, 1.165) is 55.5 Å². The molecule has 1 saturated heterocycles. The molecule has 26 heavy (non-hydrogen) atoms. The summed E-state index contributed by atoms with van der Waals surface area (Å²) in [4.78, 5) is 22.6. The zero-order valence-electron chi connectivity index (χ0n) is 15.1. The van der Waals surface area contributed by atoms with E-state index in [2.05, 4.69) is 34.1 Å². The zero-order valence-corrected chi connectivity index (χ0v) is 15.9. The van der Waals surface area contributed by atoms with Crippen molar-refractivity contribution < 1.29 is 4.79 Å². The molecule has 1 aromatic carbocycles. The van der Waals surface area contributed by atoms with Gasteiger partial charge in [-0.3, -0.25) is 4.79 Å². The summed E-state index contributed by atoms with van der Waals surface area (Å²) in [6.45, 7) is 2.89. The number of anilines is 1. The number of benzene rings is 1. The maximum atomic E-state index is 13.2. The van der Waals surface area contributed by atoms with Crippen LogP contribution in [0, 0.1) is 5.92 Å². The van der Waals surface area contributed by atoms with E-state index < -0.39 is 0 Å². The Labute approximate surface area is 158 Å². The standard InChI is InChI=1S/C21H25N3OS/c25-20(23-11-5-2-6-12-23)18-13-17-21(24(18)14-15-9-10-15)26-19(22-17)16-7-3-1-4-8-16/h1,3-4,7-8,15,18H,2,5-6,9-14H2. The maximum Gasteiger partial charge on any atom is 0.245 e. The second-order valence-electron chi connectivity index (χ2n) is 7.84. The van der Waals surface area contributed by atoms with Gasteiger partial charge in [-0.05, 0) is 38.0 Å². The highest BCUT2D eigenvalue weighted by Crippen LogP contribution is 2.44. The summed E-state index contributed by atoms with van der Waals surface area (Å²) in [5.74, 6) is 1.09. The molecule has 5 heteroatoms. The van der Waals surface area contributed by atoms with Crippen molar-refractivity contribution in [1.82, 2.24) is 9.88 Å². The van der Waals surface area contributed by atoms with E-state index in [1.54, 1.807) is 11.3 Å². The molecule has 3 heterocycles. The van der Waals surface area contributed by atoms with Gasteiger partial charge in [0.15, 0.2) is 0 Å². The fraction of sp³-hybridized carbons (Fsp3) is 0.524. The molecular weight excluding hydrogens is 342 g/mol. The maximum absolute atomic E-state index is 13.2. The van der Waals surface area contributed by atoms with Gasteiger partial charge in [-0.2, -0.15) is 0 Å². The molecule has 2 aliphatic heterocycles. The Hall–Kier alpha value is -1.88. The summed E-state index contributed by atoms with van der Waals surface area (Å²) in [5, 5.41) is 2.33. The van der Waals surface area contributed by atoms with Crippen LogP contribution in [-0.4, -0.2) is 41.5 Å². The number of fused-ring (bicyclic) bond motifs is 1. The molecule has 3 aliphatic rings. The molecule has 2 aromatic rings. The molecule has 0 N–H and O–H groups in total. The number of rotatable bonds is 4. The minimum atomic E-state index is -0.0210. The van der Waals surface area contributed by atoms with Gasteiger partial charge in [-0.25, -0.2) is 4.98 Å². The van der Waals surface area contributed by atoms with Gasteiger partial charge in [-0.1, -0.05) is 41.7 Å². The van der Waals surface area contributed by atoms with Gasteiger partial charge in [0.25, 0.3) is 0 Å². The monoisotopic (exact) mass is 367 g/mol. The van der Waals surface area contributed by atoms with E-state index in [-0.39, 0.29) is 6.04 Å². The third-order valence-corrected chi connectivity index (χ3v) is 7.01. The first-order valence-corrected chi connectivity index (χ1v) is 10.7. The molecule has 4 nitrogen and oxygen atoms in total. The van der Waals surface area contributed by atoms with Crippen molar-refractivity contribution in [3.05, 3.63) is 36.0 Å². The Morgan fingerprint density at radius 2 is 1.88 bits per heavy atom. The van der Waals surface area contributed by atoms with Crippen LogP contribution in [0.1, 0.15) is 37.8 Å². The van der Waals surface area contributed by atoms with Crippen LogP contribution in [0.2, 0.25) is 0 Å². The highest BCUT2D eigenvalue weighted by molar-refractivity contribution is 7.19. The first-order valence-electron chi connectivity index (χ1n) is 9.90. The van der Waals surface area contributed by atoms with Gasteiger partial charge in [-0.15, -0.1) is 0 Å². The average Bonchev–Trinajstić information content (AvgIpc) is 3.32. The van der Waals surface area contributed by atoms with Gasteiger partial charge in [0.2, 0.25) is 5.91 Å². The summed E-state index contributed by atoms with van der Waals surface area (Å²) >= 11 is 1.76. The van der Waals surface area contributed by atoms with Gasteiger partial charge in [0, 0.05) is 31.6 Å². The summed E-state index contributed by atoms with van der Waals surface area (Å²) in [7, 11) is 0. The van der Waals surface area contributed by atoms with Crippen LogP contribution in [0.4, 0.5) is 5.00 Å². The number of thiazole rings is 1. The predicted octanol–water partition coefficient (Wildman–Crippen LogP) is 3.96. The molecule has 5 rings (SSSR count).